The van der Waals surface area contributed by atoms with Gasteiger partial charge in [-0.3, -0.25) is 14.7 Å². The van der Waals surface area contributed by atoms with Gasteiger partial charge in [-0.05, 0) is 31.7 Å². The van der Waals surface area contributed by atoms with Gasteiger partial charge in [-0.2, -0.15) is 0 Å². The number of imidazole rings is 1. The van der Waals surface area contributed by atoms with Crippen molar-refractivity contribution >= 4 is 16.7 Å². The summed E-state index contributed by atoms with van der Waals surface area (Å²) in [4.78, 5) is 25.0. The van der Waals surface area contributed by atoms with Gasteiger partial charge in [-0.25, -0.2) is 4.79 Å². The van der Waals surface area contributed by atoms with E-state index in [-0.39, 0.29) is 23.5 Å². The Morgan fingerprint density at radius 2 is 2.00 bits per heavy atom. The number of aliphatic hydroxyl groups is 1. The molecule has 1 aliphatic carbocycles. The summed E-state index contributed by atoms with van der Waals surface area (Å²) in [6.45, 7) is 0. The van der Waals surface area contributed by atoms with Crippen molar-refractivity contribution in [1.82, 2.24) is 9.55 Å². The lowest BCUT2D eigenvalue weighted by atomic mass is 9.93. The van der Waals surface area contributed by atoms with Crippen molar-refractivity contribution < 1.29 is 10.0 Å². The van der Waals surface area contributed by atoms with Gasteiger partial charge in [0, 0.05) is 18.2 Å². The van der Waals surface area contributed by atoms with Crippen LogP contribution in [0.25, 0.3) is 11.0 Å². The summed E-state index contributed by atoms with van der Waals surface area (Å²) >= 11 is 0. The molecule has 0 amide bonds. The molecule has 0 saturated heterocycles. The van der Waals surface area contributed by atoms with E-state index in [2.05, 4.69) is 4.98 Å². The molecule has 20 heavy (non-hydrogen) atoms. The van der Waals surface area contributed by atoms with Gasteiger partial charge in [0.05, 0.1) is 22.1 Å². The van der Waals surface area contributed by atoms with Crippen LogP contribution in [0, 0.1) is 10.1 Å². The number of hydrogen-bond donors (Lipinski definition) is 2. The van der Waals surface area contributed by atoms with Gasteiger partial charge in [0.2, 0.25) is 0 Å². The van der Waals surface area contributed by atoms with Crippen LogP contribution in [0.15, 0.2) is 23.0 Å². The Morgan fingerprint density at radius 3 is 2.65 bits per heavy atom. The first-order valence-electron chi connectivity index (χ1n) is 6.63. The van der Waals surface area contributed by atoms with E-state index in [9.17, 15) is 20.0 Å². The Morgan fingerprint density at radius 1 is 1.30 bits per heavy atom. The zero-order valence-electron chi connectivity index (χ0n) is 10.8. The van der Waals surface area contributed by atoms with E-state index in [1.54, 1.807) is 10.6 Å². The number of nitrogens with one attached hydrogen (secondary N) is 1. The molecule has 0 radical (unpaired) electrons. The maximum atomic E-state index is 12.1. The van der Waals surface area contributed by atoms with E-state index in [0.717, 1.165) is 12.8 Å². The number of H-pyrrole nitrogens is 1. The molecule has 0 atom stereocenters. The zero-order chi connectivity index (χ0) is 14.3. The molecule has 3 rings (SSSR count). The highest BCUT2D eigenvalue weighted by Crippen LogP contribution is 2.30. The third-order valence-corrected chi connectivity index (χ3v) is 3.94. The number of hydrogen-bond acceptors (Lipinski definition) is 4. The molecular weight excluding hydrogens is 262 g/mol. The Kier molecular flexibility index (Phi) is 3.06. The molecule has 1 aromatic heterocycles. The SMILES string of the molecule is O=c1[nH]c2cc([N+](=O)[O-])ccc2n1C1CCC(O)CC1. The maximum Gasteiger partial charge on any atom is 0.326 e. The van der Waals surface area contributed by atoms with E-state index in [0.29, 0.717) is 23.9 Å². The number of aromatic nitrogens is 2. The fraction of sp³-hybridized carbons (Fsp3) is 0.462. The number of rotatable bonds is 2. The van der Waals surface area contributed by atoms with Gasteiger partial charge in [0.25, 0.3) is 5.69 Å². The zero-order valence-corrected chi connectivity index (χ0v) is 10.8. The topological polar surface area (TPSA) is 101 Å². The number of fused-ring (bicyclic) bond motifs is 1. The summed E-state index contributed by atoms with van der Waals surface area (Å²) in [5.41, 5.74) is 0.879. The van der Waals surface area contributed by atoms with Crippen LogP contribution in [-0.4, -0.2) is 25.7 Å². The summed E-state index contributed by atoms with van der Waals surface area (Å²) < 4.78 is 1.66. The monoisotopic (exact) mass is 277 g/mol. The second-order valence-electron chi connectivity index (χ2n) is 5.22. The second-order valence-corrected chi connectivity index (χ2v) is 5.22. The number of aromatic amines is 1. The first-order valence-corrected chi connectivity index (χ1v) is 6.63. The minimum atomic E-state index is -0.480. The predicted molar refractivity (Wildman–Crippen MR) is 72.7 cm³/mol. The van der Waals surface area contributed by atoms with Crippen LogP contribution >= 0.6 is 0 Å². The maximum absolute atomic E-state index is 12.1. The van der Waals surface area contributed by atoms with E-state index in [1.165, 1.54) is 12.1 Å². The third kappa shape index (κ3) is 2.09. The Bertz CT molecular complexity index is 710. The van der Waals surface area contributed by atoms with Crippen LogP contribution in [-0.2, 0) is 0 Å². The summed E-state index contributed by atoms with van der Waals surface area (Å²) in [5, 5.41) is 20.3. The molecule has 7 nitrogen and oxygen atoms in total. The lowest BCUT2D eigenvalue weighted by Crippen LogP contribution is -2.27. The molecule has 0 spiro atoms. The van der Waals surface area contributed by atoms with E-state index < -0.39 is 4.92 Å². The first kappa shape index (κ1) is 12.9. The van der Waals surface area contributed by atoms with Crippen LogP contribution < -0.4 is 5.69 Å². The van der Waals surface area contributed by atoms with Crippen LogP contribution in [0.1, 0.15) is 31.7 Å². The Labute approximate surface area is 114 Å². The van der Waals surface area contributed by atoms with Crippen molar-refractivity contribution in [2.24, 2.45) is 0 Å². The van der Waals surface area contributed by atoms with Crippen molar-refractivity contribution in [3.05, 3.63) is 38.8 Å². The second kappa shape index (κ2) is 4.75. The first-order chi connectivity index (χ1) is 9.56. The molecule has 1 aromatic carbocycles. The molecule has 0 unspecified atom stereocenters. The Balaban J connectivity index is 2.05. The molecule has 1 saturated carbocycles. The predicted octanol–water partition coefficient (Wildman–Crippen LogP) is 1.71. The van der Waals surface area contributed by atoms with E-state index >= 15 is 0 Å². The minimum absolute atomic E-state index is 0.0371. The van der Waals surface area contributed by atoms with Crippen molar-refractivity contribution in [2.45, 2.75) is 37.8 Å². The van der Waals surface area contributed by atoms with Crippen molar-refractivity contribution in [2.75, 3.05) is 0 Å². The summed E-state index contributed by atoms with van der Waals surface area (Å²) in [7, 11) is 0. The van der Waals surface area contributed by atoms with Crippen molar-refractivity contribution in [1.29, 1.82) is 0 Å². The molecule has 1 heterocycles. The standard InChI is InChI=1S/C13H15N3O4/c17-10-4-1-8(2-5-10)15-12-6-3-9(16(19)20)7-11(12)14-13(15)18/h3,6-8,10,17H,1-2,4-5H2,(H,14,18). The van der Waals surface area contributed by atoms with Gasteiger partial charge in [0.15, 0.2) is 0 Å². The van der Waals surface area contributed by atoms with Gasteiger partial charge in [0.1, 0.15) is 0 Å². The van der Waals surface area contributed by atoms with Gasteiger partial charge >= 0.3 is 5.69 Å². The van der Waals surface area contributed by atoms with Crippen LogP contribution in [0.2, 0.25) is 0 Å². The van der Waals surface area contributed by atoms with E-state index in [4.69, 9.17) is 0 Å². The smallest absolute Gasteiger partial charge is 0.326 e. The average molecular weight is 277 g/mol. The summed E-state index contributed by atoms with van der Waals surface area (Å²) in [6, 6.07) is 4.44. The molecule has 2 aromatic rings. The van der Waals surface area contributed by atoms with Crippen LogP contribution in [0.5, 0.6) is 0 Å². The number of benzene rings is 1. The molecule has 106 valence electrons. The van der Waals surface area contributed by atoms with Gasteiger partial charge in [-0.15, -0.1) is 0 Å². The fourth-order valence-electron chi connectivity index (χ4n) is 2.91. The number of nitro groups is 1. The van der Waals surface area contributed by atoms with Crippen molar-refractivity contribution in [3.63, 3.8) is 0 Å². The molecular formula is C13H15N3O4. The highest BCUT2D eigenvalue weighted by atomic mass is 16.6. The van der Waals surface area contributed by atoms with Crippen LogP contribution in [0.3, 0.4) is 0 Å². The number of non-ortho nitro benzene ring substituents is 1. The molecule has 0 aliphatic heterocycles. The lowest BCUT2D eigenvalue weighted by molar-refractivity contribution is -0.384. The average Bonchev–Trinajstić information content (AvgIpc) is 2.74. The van der Waals surface area contributed by atoms with Crippen molar-refractivity contribution in [3.8, 4) is 0 Å². The Hall–Kier alpha value is -2.15. The van der Waals surface area contributed by atoms with Gasteiger partial charge < -0.3 is 10.1 Å². The molecule has 2 N–H and O–H groups in total. The largest absolute Gasteiger partial charge is 0.393 e. The summed E-state index contributed by atoms with van der Waals surface area (Å²) in [5.74, 6) is 0. The third-order valence-electron chi connectivity index (χ3n) is 3.94. The highest BCUT2D eigenvalue weighted by Gasteiger charge is 2.24. The molecule has 0 bridgehead atoms. The number of nitrogens with zero attached hydrogens (tertiary/aromatic N) is 2. The summed E-state index contributed by atoms with van der Waals surface area (Å²) in [6.07, 6.45) is 2.55. The lowest BCUT2D eigenvalue weighted by Gasteiger charge is -2.26. The number of nitro benzene ring substituents is 1. The van der Waals surface area contributed by atoms with E-state index in [1.807, 2.05) is 0 Å². The minimum Gasteiger partial charge on any atom is -0.393 e. The normalized spacial score (nSPS) is 23.1. The quantitative estimate of drug-likeness (QED) is 0.644. The molecule has 7 heteroatoms. The highest BCUT2D eigenvalue weighted by molar-refractivity contribution is 5.78. The number of aliphatic hydroxyl groups excluding tert-OH is 1. The molecule has 1 aliphatic rings. The van der Waals surface area contributed by atoms with Crippen LogP contribution in [0.4, 0.5) is 5.69 Å². The molecule has 1 fully saturated rings. The fourth-order valence-corrected chi connectivity index (χ4v) is 2.91. The van der Waals surface area contributed by atoms with Gasteiger partial charge in [-0.1, -0.05) is 0 Å².